The van der Waals surface area contributed by atoms with E-state index in [1.54, 1.807) is 6.07 Å². The summed E-state index contributed by atoms with van der Waals surface area (Å²) in [7, 11) is 0. The first-order valence-electron chi connectivity index (χ1n) is 9.35. The number of anilines is 1. The molecule has 2 aliphatic rings. The van der Waals surface area contributed by atoms with E-state index >= 15 is 0 Å². The minimum atomic E-state index is -0.247. The summed E-state index contributed by atoms with van der Waals surface area (Å²) in [5, 5.41) is 13.3. The van der Waals surface area contributed by atoms with Crippen LogP contribution in [-0.2, 0) is 4.79 Å². The van der Waals surface area contributed by atoms with Crippen molar-refractivity contribution in [2.24, 2.45) is 0 Å². The van der Waals surface area contributed by atoms with Gasteiger partial charge in [-0.05, 0) is 30.5 Å². The molecule has 1 heterocycles. The van der Waals surface area contributed by atoms with Gasteiger partial charge in [-0.2, -0.15) is 0 Å². The molecular formula is C21H25N3O2. The van der Waals surface area contributed by atoms with E-state index in [1.165, 1.54) is 0 Å². The zero-order valence-corrected chi connectivity index (χ0v) is 14.8. The van der Waals surface area contributed by atoms with Crippen LogP contribution in [0.15, 0.2) is 54.6 Å². The molecule has 1 amide bonds. The molecule has 2 aromatic carbocycles. The lowest BCUT2D eigenvalue weighted by Crippen LogP contribution is -2.51. The Morgan fingerprint density at radius 1 is 0.962 bits per heavy atom. The fraction of sp³-hybridized carbons (Fsp3) is 0.381. The van der Waals surface area contributed by atoms with E-state index in [9.17, 15) is 9.90 Å². The van der Waals surface area contributed by atoms with Crippen LogP contribution in [0.4, 0.5) is 5.69 Å². The number of aromatic hydroxyl groups is 1. The summed E-state index contributed by atoms with van der Waals surface area (Å²) in [5.41, 5.74) is 1.91. The van der Waals surface area contributed by atoms with Crippen LogP contribution in [0, 0.1) is 0 Å². The molecule has 1 aliphatic carbocycles. The monoisotopic (exact) mass is 351 g/mol. The second kappa shape index (κ2) is 7.38. The fourth-order valence-corrected chi connectivity index (χ4v) is 3.62. The Bertz CT molecular complexity index is 753. The smallest absolute Gasteiger partial charge is 0.242 e. The Morgan fingerprint density at radius 3 is 2.27 bits per heavy atom. The summed E-state index contributed by atoms with van der Waals surface area (Å²) in [6.07, 6.45) is 2.18. The predicted molar refractivity (Wildman–Crippen MR) is 102 cm³/mol. The SMILES string of the molecule is O=C(NC1CC1)[C@H](c1ccccc1)N1CCN(c2ccccc2O)CC1. The summed E-state index contributed by atoms with van der Waals surface area (Å²) in [4.78, 5) is 17.3. The number of phenols is 1. The number of rotatable bonds is 5. The molecule has 1 atom stereocenters. The number of nitrogens with zero attached hydrogens (tertiary/aromatic N) is 2. The van der Waals surface area contributed by atoms with Gasteiger partial charge < -0.3 is 15.3 Å². The molecule has 26 heavy (non-hydrogen) atoms. The Hall–Kier alpha value is -2.53. The van der Waals surface area contributed by atoms with Crippen LogP contribution in [0.1, 0.15) is 24.4 Å². The Kier molecular flexibility index (Phi) is 4.80. The molecule has 4 rings (SSSR count). The first-order valence-corrected chi connectivity index (χ1v) is 9.35. The van der Waals surface area contributed by atoms with Crippen molar-refractivity contribution in [1.82, 2.24) is 10.2 Å². The van der Waals surface area contributed by atoms with Gasteiger partial charge in [-0.1, -0.05) is 42.5 Å². The maximum absolute atomic E-state index is 12.9. The summed E-state index contributed by atoms with van der Waals surface area (Å²) < 4.78 is 0. The van der Waals surface area contributed by atoms with Crippen molar-refractivity contribution >= 4 is 11.6 Å². The van der Waals surface area contributed by atoms with Crippen molar-refractivity contribution in [3.63, 3.8) is 0 Å². The normalized spacial score (nSPS) is 19.2. The number of carbonyl (C=O) groups excluding carboxylic acids is 1. The highest BCUT2D eigenvalue weighted by atomic mass is 16.3. The standard InChI is InChI=1S/C21H25N3O2/c25-19-9-5-4-8-18(19)23-12-14-24(15-13-23)20(16-6-2-1-3-7-16)21(26)22-17-10-11-17/h1-9,17,20,25H,10-15H2,(H,22,26)/t20-/m0/s1. The average molecular weight is 351 g/mol. The Balaban J connectivity index is 1.49. The number of hydrogen-bond acceptors (Lipinski definition) is 4. The summed E-state index contributed by atoms with van der Waals surface area (Å²) in [5.74, 6) is 0.418. The number of piperazine rings is 1. The maximum Gasteiger partial charge on any atom is 0.242 e. The Labute approximate surface area is 154 Å². The van der Waals surface area contributed by atoms with E-state index in [4.69, 9.17) is 0 Å². The van der Waals surface area contributed by atoms with Crippen LogP contribution in [0.2, 0.25) is 0 Å². The van der Waals surface area contributed by atoms with E-state index in [2.05, 4.69) is 15.1 Å². The number of nitrogens with one attached hydrogen (secondary N) is 1. The highest BCUT2D eigenvalue weighted by Crippen LogP contribution is 2.30. The van der Waals surface area contributed by atoms with Crippen molar-refractivity contribution in [1.29, 1.82) is 0 Å². The lowest BCUT2D eigenvalue weighted by atomic mass is 10.0. The zero-order chi connectivity index (χ0) is 17.9. The maximum atomic E-state index is 12.9. The van der Waals surface area contributed by atoms with Crippen molar-refractivity contribution in [3.05, 3.63) is 60.2 Å². The molecule has 136 valence electrons. The summed E-state index contributed by atoms with van der Waals surface area (Å²) in [6, 6.07) is 17.6. The van der Waals surface area contributed by atoms with Gasteiger partial charge in [0.1, 0.15) is 11.8 Å². The molecule has 1 saturated carbocycles. The lowest BCUT2D eigenvalue weighted by Gasteiger charge is -2.40. The van der Waals surface area contributed by atoms with Crippen molar-refractivity contribution in [2.75, 3.05) is 31.1 Å². The van der Waals surface area contributed by atoms with Gasteiger partial charge in [-0.3, -0.25) is 9.69 Å². The van der Waals surface area contributed by atoms with Gasteiger partial charge in [0.2, 0.25) is 5.91 Å². The lowest BCUT2D eigenvalue weighted by molar-refractivity contribution is -0.127. The van der Waals surface area contributed by atoms with Gasteiger partial charge >= 0.3 is 0 Å². The molecule has 2 aromatic rings. The molecule has 1 saturated heterocycles. The second-order valence-corrected chi connectivity index (χ2v) is 7.11. The third-order valence-electron chi connectivity index (χ3n) is 5.19. The first-order chi connectivity index (χ1) is 12.7. The predicted octanol–water partition coefficient (Wildman–Crippen LogP) is 2.53. The van der Waals surface area contributed by atoms with Crippen molar-refractivity contribution in [3.8, 4) is 5.75 Å². The number of para-hydroxylation sites is 2. The fourth-order valence-electron chi connectivity index (χ4n) is 3.62. The molecular weight excluding hydrogens is 326 g/mol. The van der Waals surface area contributed by atoms with Gasteiger partial charge in [-0.15, -0.1) is 0 Å². The largest absolute Gasteiger partial charge is 0.506 e. The summed E-state index contributed by atoms with van der Waals surface area (Å²) >= 11 is 0. The van der Waals surface area contributed by atoms with E-state index < -0.39 is 0 Å². The highest BCUT2D eigenvalue weighted by molar-refractivity contribution is 5.83. The van der Waals surface area contributed by atoms with Gasteiger partial charge in [-0.25, -0.2) is 0 Å². The van der Waals surface area contributed by atoms with Crippen LogP contribution in [0.3, 0.4) is 0 Å². The third-order valence-corrected chi connectivity index (χ3v) is 5.19. The first kappa shape index (κ1) is 16.9. The number of phenolic OH excluding ortho intramolecular Hbond substituents is 1. The number of amides is 1. The molecule has 0 unspecified atom stereocenters. The van der Waals surface area contributed by atoms with Crippen LogP contribution in [-0.4, -0.2) is 48.1 Å². The number of benzene rings is 2. The summed E-state index contributed by atoms with van der Waals surface area (Å²) in [6.45, 7) is 3.15. The van der Waals surface area contributed by atoms with E-state index in [-0.39, 0.29) is 11.9 Å². The van der Waals surface area contributed by atoms with Gasteiger partial charge in [0.05, 0.1) is 5.69 Å². The third kappa shape index (κ3) is 3.68. The molecule has 0 aromatic heterocycles. The van der Waals surface area contributed by atoms with Gasteiger partial charge in [0, 0.05) is 32.2 Å². The second-order valence-electron chi connectivity index (χ2n) is 7.11. The zero-order valence-electron chi connectivity index (χ0n) is 14.8. The van der Waals surface area contributed by atoms with Crippen molar-refractivity contribution in [2.45, 2.75) is 24.9 Å². The van der Waals surface area contributed by atoms with Crippen LogP contribution < -0.4 is 10.2 Å². The molecule has 1 aliphatic heterocycles. The van der Waals surface area contributed by atoms with Crippen LogP contribution in [0.5, 0.6) is 5.75 Å². The molecule has 2 fully saturated rings. The molecule has 0 radical (unpaired) electrons. The van der Waals surface area contributed by atoms with Crippen LogP contribution >= 0.6 is 0 Å². The van der Waals surface area contributed by atoms with Gasteiger partial charge in [0.25, 0.3) is 0 Å². The van der Waals surface area contributed by atoms with Gasteiger partial charge in [0.15, 0.2) is 0 Å². The number of hydrogen-bond donors (Lipinski definition) is 2. The van der Waals surface area contributed by atoms with E-state index in [0.29, 0.717) is 11.8 Å². The van der Waals surface area contributed by atoms with E-state index in [0.717, 1.165) is 50.3 Å². The number of carbonyl (C=O) groups is 1. The van der Waals surface area contributed by atoms with E-state index in [1.807, 2.05) is 48.5 Å². The molecule has 0 spiro atoms. The van der Waals surface area contributed by atoms with Crippen molar-refractivity contribution < 1.29 is 9.90 Å². The average Bonchev–Trinajstić information content (AvgIpc) is 3.48. The van der Waals surface area contributed by atoms with Crippen LogP contribution in [0.25, 0.3) is 0 Å². The molecule has 2 N–H and O–H groups in total. The highest BCUT2D eigenvalue weighted by Gasteiger charge is 2.33. The molecule has 5 nitrogen and oxygen atoms in total. The molecule has 5 heteroatoms. The minimum Gasteiger partial charge on any atom is -0.506 e. The Morgan fingerprint density at radius 2 is 1.62 bits per heavy atom. The quantitative estimate of drug-likeness (QED) is 0.869. The topological polar surface area (TPSA) is 55.8 Å². The minimum absolute atomic E-state index is 0.106. The molecule has 0 bridgehead atoms.